The van der Waals surface area contributed by atoms with Gasteiger partial charge in [-0.25, -0.2) is 0 Å². The van der Waals surface area contributed by atoms with Gasteiger partial charge in [-0.2, -0.15) is 5.10 Å². The summed E-state index contributed by atoms with van der Waals surface area (Å²) in [4.78, 5) is 29.6. The van der Waals surface area contributed by atoms with Gasteiger partial charge in [0.1, 0.15) is 0 Å². The zero-order valence-corrected chi connectivity index (χ0v) is 14.9. The molecule has 2 fully saturated rings. The monoisotopic (exact) mass is 355 g/mol. The number of amides is 2. The first-order valence-corrected chi connectivity index (χ1v) is 8.68. The molecule has 0 aliphatic carbocycles. The number of nitrogens with zero attached hydrogens (tertiary/aromatic N) is 7. The van der Waals surface area contributed by atoms with Crippen LogP contribution in [0.15, 0.2) is 24.5 Å². The van der Waals surface area contributed by atoms with Gasteiger partial charge in [-0.3, -0.25) is 14.3 Å². The summed E-state index contributed by atoms with van der Waals surface area (Å²) >= 11 is 0. The third kappa shape index (κ3) is 2.89. The van der Waals surface area contributed by atoms with Crippen molar-refractivity contribution in [2.45, 2.75) is 18.9 Å². The number of likely N-dealkylation sites (tertiary alicyclic amines) is 1. The fraction of sp³-hybridized carbons (Fsp3) is 0.471. The molecular weight excluding hydrogens is 334 g/mol. The highest BCUT2D eigenvalue weighted by Gasteiger charge is 2.34. The molecule has 4 heterocycles. The highest BCUT2D eigenvalue weighted by molar-refractivity contribution is 5.95. The summed E-state index contributed by atoms with van der Waals surface area (Å²) in [6.45, 7) is 1.90. The highest BCUT2D eigenvalue weighted by Crippen LogP contribution is 2.26. The van der Waals surface area contributed by atoms with Gasteiger partial charge >= 0.3 is 0 Å². The fourth-order valence-electron chi connectivity index (χ4n) is 3.22. The van der Waals surface area contributed by atoms with Crippen molar-refractivity contribution in [1.29, 1.82) is 0 Å². The van der Waals surface area contributed by atoms with Crippen molar-refractivity contribution >= 4 is 23.3 Å². The van der Waals surface area contributed by atoms with E-state index in [-0.39, 0.29) is 17.9 Å². The Morgan fingerprint density at radius 2 is 2.04 bits per heavy atom. The maximum absolute atomic E-state index is 12.5. The number of aromatic nitrogens is 4. The van der Waals surface area contributed by atoms with Gasteiger partial charge in [0.15, 0.2) is 11.5 Å². The van der Waals surface area contributed by atoms with Gasteiger partial charge in [0, 0.05) is 46.3 Å². The SMILES string of the molecule is CN(C)c1ccc(C(=O)N2CC(n3cc(N4CCCC4=O)cn3)C2)nn1. The summed E-state index contributed by atoms with van der Waals surface area (Å²) in [5.74, 6) is 0.736. The highest BCUT2D eigenvalue weighted by atomic mass is 16.2. The summed E-state index contributed by atoms with van der Waals surface area (Å²) in [6.07, 6.45) is 5.11. The van der Waals surface area contributed by atoms with Crippen LogP contribution in [0.3, 0.4) is 0 Å². The van der Waals surface area contributed by atoms with Crippen molar-refractivity contribution < 1.29 is 9.59 Å². The molecule has 9 heteroatoms. The molecule has 2 aliphatic heterocycles. The number of hydrogen-bond donors (Lipinski definition) is 0. The molecule has 26 heavy (non-hydrogen) atoms. The van der Waals surface area contributed by atoms with Crippen LogP contribution in [0.1, 0.15) is 29.4 Å². The van der Waals surface area contributed by atoms with E-state index in [0.29, 0.717) is 31.0 Å². The Balaban J connectivity index is 1.37. The van der Waals surface area contributed by atoms with E-state index >= 15 is 0 Å². The normalized spacial score (nSPS) is 17.5. The summed E-state index contributed by atoms with van der Waals surface area (Å²) in [6, 6.07) is 3.60. The number of carbonyl (C=O) groups excluding carboxylic acids is 2. The second-order valence-electron chi connectivity index (χ2n) is 6.86. The molecule has 9 nitrogen and oxygen atoms in total. The molecule has 2 aromatic rings. The van der Waals surface area contributed by atoms with E-state index in [1.807, 2.05) is 29.9 Å². The van der Waals surface area contributed by atoms with Crippen molar-refractivity contribution in [1.82, 2.24) is 24.9 Å². The lowest BCUT2D eigenvalue weighted by Crippen LogP contribution is -2.51. The minimum absolute atomic E-state index is 0.124. The molecule has 2 aliphatic rings. The van der Waals surface area contributed by atoms with Gasteiger partial charge in [0.2, 0.25) is 5.91 Å². The molecule has 4 rings (SSSR count). The molecular formula is C17H21N7O2. The fourth-order valence-corrected chi connectivity index (χ4v) is 3.22. The maximum Gasteiger partial charge on any atom is 0.274 e. The first kappa shape index (κ1) is 16.5. The van der Waals surface area contributed by atoms with E-state index in [9.17, 15) is 9.59 Å². The van der Waals surface area contributed by atoms with Gasteiger partial charge in [-0.15, -0.1) is 10.2 Å². The van der Waals surface area contributed by atoms with Crippen LogP contribution in [0, 0.1) is 0 Å². The van der Waals surface area contributed by atoms with E-state index in [4.69, 9.17) is 0 Å². The average Bonchev–Trinajstić information content (AvgIpc) is 3.22. The molecule has 0 radical (unpaired) electrons. The van der Waals surface area contributed by atoms with Crippen LogP contribution >= 0.6 is 0 Å². The van der Waals surface area contributed by atoms with Crippen LogP contribution in [0.5, 0.6) is 0 Å². The lowest BCUT2D eigenvalue weighted by molar-refractivity contribution is -0.117. The zero-order chi connectivity index (χ0) is 18.3. The van der Waals surface area contributed by atoms with E-state index in [1.165, 1.54) is 0 Å². The molecule has 0 aromatic carbocycles. The predicted molar refractivity (Wildman–Crippen MR) is 95.1 cm³/mol. The number of anilines is 2. The zero-order valence-electron chi connectivity index (χ0n) is 14.9. The lowest BCUT2D eigenvalue weighted by Gasteiger charge is -2.38. The second-order valence-corrected chi connectivity index (χ2v) is 6.86. The third-order valence-corrected chi connectivity index (χ3v) is 4.82. The van der Waals surface area contributed by atoms with Crippen LogP contribution in [0.4, 0.5) is 11.5 Å². The van der Waals surface area contributed by atoms with E-state index in [1.54, 1.807) is 28.1 Å². The smallest absolute Gasteiger partial charge is 0.274 e. The summed E-state index contributed by atoms with van der Waals surface area (Å²) < 4.78 is 1.84. The molecule has 0 N–H and O–H groups in total. The first-order chi connectivity index (χ1) is 12.5. The number of hydrogen-bond acceptors (Lipinski definition) is 6. The largest absolute Gasteiger partial charge is 0.361 e. The van der Waals surface area contributed by atoms with Gasteiger partial charge < -0.3 is 14.7 Å². The van der Waals surface area contributed by atoms with Crippen molar-refractivity contribution in [3.05, 3.63) is 30.2 Å². The Hall–Kier alpha value is -2.97. The molecule has 2 saturated heterocycles. The quantitative estimate of drug-likeness (QED) is 0.797. The third-order valence-electron chi connectivity index (χ3n) is 4.82. The van der Waals surface area contributed by atoms with Crippen LogP contribution < -0.4 is 9.80 Å². The minimum Gasteiger partial charge on any atom is -0.361 e. The Morgan fingerprint density at radius 1 is 1.23 bits per heavy atom. The Labute approximate surface area is 151 Å². The average molecular weight is 355 g/mol. The van der Waals surface area contributed by atoms with Crippen molar-refractivity contribution in [3.63, 3.8) is 0 Å². The first-order valence-electron chi connectivity index (χ1n) is 8.68. The summed E-state index contributed by atoms with van der Waals surface area (Å²) in [5.41, 5.74) is 1.18. The summed E-state index contributed by atoms with van der Waals surface area (Å²) in [7, 11) is 3.75. The Bertz CT molecular complexity index is 824. The van der Waals surface area contributed by atoms with Crippen molar-refractivity contribution in [2.24, 2.45) is 0 Å². The van der Waals surface area contributed by atoms with Gasteiger partial charge in [0.25, 0.3) is 5.91 Å². The standard InChI is InChI=1S/C17H21N7O2/c1-21(2)15-6-5-14(19-20-15)17(26)22-9-13(10-22)24-11-12(8-18-24)23-7-3-4-16(23)25/h5-6,8,11,13H,3-4,7,9-10H2,1-2H3. The maximum atomic E-state index is 12.5. The van der Waals surface area contributed by atoms with Crippen molar-refractivity contribution in [3.8, 4) is 0 Å². The van der Waals surface area contributed by atoms with Crippen LogP contribution in [-0.4, -0.2) is 70.4 Å². The van der Waals surface area contributed by atoms with Gasteiger partial charge in [-0.1, -0.05) is 0 Å². The van der Waals surface area contributed by atoms with Gasteiger partial charge in [-0.05, 0) is 18.6 Å². The van der Waals surface area contributed by atoms with E-state index in [2.05, 4.69) is 15.3 Å². The molecule has 0 spiro atoms. The predicted octanol–water partition coefficient (Wildman–Crippen LogP) is 0.563. The molecule has 0 bridgehead atoms. The van der Waals surface area contributed by atoms with Crippen molar-refractivity contribution in [2.75, 3.05) is 43.5 Å². The van der Waals surface area contributed by atoms with Crippen LogP contribution in [0.25, 0.3) is 0 Å². The summed E-state index contributed by atoms with van der Waals surface area (Å²) in [5, 5.41) is 12.4. The Morgan fingerprint density at radius 3 is 2.65 bits per heavy atom. The molecule has 0 atom stereocenters. The van der Waals surface area contributed by atoms with Crippen LogP contribution in [-0.2, 0) is 4.79 Å². The molecule has 136 valence electrons. The number of carbonyl (C=O) groups is 2. The second kappa shape index (κ2) is 6.40. The van der Waals surface area contributed by atoms with Crippen LogP contribution in [0.2, 0.25) is 0 Å². The molecule has 2 amide bonds. The Kier molecular flexibility index (Phi) is 4.06. The van der Waals surface area contributed by atoms with Gasteiger partial charge in [0.05, 0.1) is 17.9 Å². The molecule has 0 unspecified atom stereocenters. The topological polar surface area (TPSA) is 87.5 Å². The molecule has 2 aromatic heterocycles. The lowest BCUT2D eigenvalue weighted by atomic mass is 10.1. The molecule has 0 saturated carbocycles. The van der Waals surface area contributed by atoms with E-state index in [0.717, 1.165) is 18.7 Å². The number of rotatable bonds is 4. The minimum atomic E-state index is -0.124. The van der Waals surface area contributed by atoms with E-state index < -0.39 is 0 Å².